The monoisotopic (exact) mass is 716 g/mol. The van der Waals surface area contributed by atoms with Crippen molar-refractivity contribution in [2.75, 3.05) is 36.6 Å². The zero-order valence-corrected chi connectivity index (χ0v) is 27.1. The molecule has 1 saturated heterocycles. The number of ether oxygens (including phenoxy) is 2. The van der Waals surface area contributed by atoms with Crippen molar-refractivity contribution in [2.24, 2.45) is 11.6 Å². The molecule has 1 fully saturated rings. The maximum absolute atomic E-state index is 12.8. The lowest BCUT2D eigenvalue weighted by molar-refractivity contribution is 0.0303. The van der Waals surface area contributed by atoms with Crippen molar-refractivity contribution >= 4 is 53.1 Å². The van der Waals surface area contributed by atoms with Crippen LogP contribution in [0.3, 0.4) is 0 Å². The normalized spacial score (nSPS) is 13.5. The highest BCUT2D eigenvalue weighted by molar-refractivity contribution is 14.0. The van der Waals surface area contributed by atoms with Crippen LogP contribution < -0.4 is 27.5 Å². The third kappa shape index (κ3) is 9.11. The second-order valence-electron chi connectivity index (χ2n) is 10.8. The van der Waals surface area contributed by atoms with Crippen LogP contribution in [-0.4, -0.2) is 64.3 Å². The quantitative estimate of drug-likeness (QED) is 0.118. The van der Waals surface area contributed by atoms with E-state index in [0.717, 1.165) is 0 Å². The lowest BCUT2D eigenvalue weighted by atomic mass is 10.0. The lowest BCUT2D eigenvalue weighted by Gasteiger charge is -2.27. The molecule has 6 N–H and O–H groups in total. The summed E-state index contributed by atoms with van der Waals surface area (Å²) in [5.74, 6) is 6.16. The average molecular weight is 717 g/mol. The molecular formula is C30H37IN8O5. The van der Waals surface area contributed by atoms with Gasteiger partial charge in [-0.15, -0.1) is 24.0 Å². The largest absolute Gasteiger partial charge is 0.444 e. The van der Waals surface area contributed by atoms with E-state index in [1.165, 1.54) is 28.2 Å². The van der Waals surface area contributed by atoms with Gasteiger partial charge in [-0.05, 0) is 68.8 Å². The number of anilines is 2. The summed E-state index contributed by atoms with van der Waals surface area (Å²) in [5.41, 5.74) is 7.42. The van der Waals surface area contributed by atoms with Crippen LogP contribution in [0.25, 0.3) is 0 Å². The molecule has 0 radical (unpaired) electrons. The number of halogens is 1. The summed E-state index contributed by atoms with van der Waals surface area (Å²) in [6, 6.07) is 14.6. The van der Waals surface area contributed by atoms with Crippen molar-refractivity contribution < 1.29 is 19.1 Å². The summed E-state index contributed by atoms with van der Waals surface area (Å²) in [5, 5.41) is 16.9. The molecule has 234 valence electrons. The number of amides is 2. The number of aromatic nitrogens is 2. The molecule has 14 heteroatoms. The van der Waals surface area contributed by atoms with E-state index in [4.69, 9.17) is 26.5 Å². The van der Waals surface area contributed by atoms with Crippen LogP contribution in [0.2, 0.25) is 0 Å². The highest BCUT2D eigenvalue weighted by Crippen LogP contribution is 2.23. The molecule has 44 heavy (non-hydrogen) atoms. The fraction of sp³-hybridized carbons (Fsp3) is 0.300. The van der Waals surface area contributed by atoms with Gasteiger partial charge in [0.25, 0.3) is 11.5 Å². The first-order chi connectivity index (χ1) is 20.4. The molecule has 0 spiro atoms. The van der Waals surface area contributed by atoms with Gasteiger partial charge < -0.3 is 20.1 Å². The van der Waals surface area contributed by atoms with Gasteiger partial charge in [0.1, 0.15) is 5.60 Å². The van der Waals surface area contributed by atoms with Crippen LogP contribution >= 0.6 is 24.0 Å². The first-order valence-electron chi connectivity index (χ1n) is 13.6. The van der Waals surface area contributed by atoms with Gasteiger partial charge in [-0.3, -0.25) is 25.3 Å². The molecule has 0 bridgehead atoms. The zero-order chi connectivity index (χ0) is 31.1. The van der Waals surface area contributed by atoms with E-state index < -0.39 is 11.7 Å². The number of hydrogen-bond acceptors (Lipinski definition) is 10. The lowest BCUT2D eigenvalue weighted by Crippen LogP contribution is -2.40. The van der Waals surface area contributed by atoms with Gasteiger partial charge in [0.15, 0.2) is 0 Å². The van der Waals surface area contributed by atoms with Crippen LogP contribution in [0.5, 0.6) is 0 Å². The van der Waals surface area contributed by atoms with Gasteiger partial charge in [-0.1, -0.05) is 6.07 Å². The summed E-state index contributed by atoms with van der Waals surface area (Å²) in [4.78, 5) is 39.3. The Morgan fingerprint density at radius 3 is 2.45 bits per heavy atom. The Kier molecular flexibility index (Phi) is 11.6. The van der Waals surface area contributed by atoms with Crippen LogP contribution in [0.15, 0.2) is 77.5 Å². The zero-order valence-electron chi connectivity index (χ0n) is 24.8. The Balaban J connectivity index is 0.00000529. The summed E-state index contributed by atoms with van der Waals surface area (Å²) in [7, 11) is 0. The summed E-state index contributed by atoms with van der Waals surface area (Å²) in [6.07, 6.45) is 2.17. The van der Waals surface area contributed by atoms with Crippen molar-refractivity contribution in [3.8, 4) is 0 Å². The third-order valence-electron chi connectivity index (χ3n) is 6.38. The number of benzene rings is 2. The van der Waals surface area contributed by atoms with E-state index in [1.807, 2.05) is 0 Å². The van der Waals surface area contributed by atoms with Crippen molar-refractivity contribution in [2.45, 2.75) is 32.9 Å². The molecule has 4 rings (SSSR count). The maximum atomic E-state index is 12.8. The van der Waals surface area contributed by atoms with Crippen molar-refractivity contribution in [3.05, 3.63) is 99.7 Å². The smallest absolute Gasteiger partial charge is 0.412 e. The number of morpholine rings is 1. The Morgan fingerprint density at radius 1 is 1.14 bits per heavy atom. The van der Waals surface area contributed by atoms with E-state index in [2.05, 4.69) is 10.4 Å². The molecule has 2 aromatic carbocycles. The SMILES string of the molecule is CC(C)(C)OC(=O)Nc1ccc(Cn2ncccc2=O)cc1C(=N)/C(N)=C/N(N)c1ccc(C(=O)N2CCOCC2)cc1.I. The predicted molar refractivity (Wildman–Crippen MR) is 178 cm³/mol. The van der Waals surface area contributed by atoms with Crippen LogP contribution in [-0.2, 0) is 16.0 Å². The number of carbonyl (C=O) groups is 2. The Labute approximate surface area is 272 Å². The van der Waals surface area contributed by atoms with Gasteiger partial charge >= 0.3 is 6.09 Å². The Morgan fingerprint density at radius 2 is 1.82 bits per heavy atom. The van der Waals surface area contributed by atoms with Crippen LogP contribution in [0.4, 0.5) is 16.2 Å². The fourth-order valence-electron chi connectivity index (χ4n) is 4.27. The molecule has 0 saturated carbocycles. The minimum absolute atomic E-state index is 0. The minimum Gasteiger partial charge on any atom is -0.444 e. The molecule has 1 aliphatic rings. The van der Waals surface area contributed by atoms with E-state index in [9.17, 15) is 14.4 Å². The first-order valence-corrected chi connectivity index (χ1v) is 13.6. The first kappa shape index (κ1) is 34.2. The number of nitrogens with zero attached hydrogens (tertiary/aromatic N) is 4. The van der Waals surface area contributed by atoms with Crippen LogP contribution in [0, 0.1) is 5.41 Å². The standard InChI is InChI=1S/C30H36N8O5.HI/c1-30(2,3)43-29(41)35-25-11-6-20(18-38-26(39)5-4-12-34-38)17-23(25)27(32)24(31)19-37(33)22-9-7-21(8-10-22)28(40)36-13-15-42-16-14-36;/h4-12,17,19,32H,13-16,18,31,33H2,1-3H3,(H,35,41);1H/b24-19-,32-27?;. The number of nitrogens with two attached hydrogens (primary N) is 2. The molecule has 3 aromatic rings. The number of carbonyl (C=O) groups excluding carboxylic acids is 2. The van der Waals surface area contributed by atoms with E-state index in [0.29, 0.717) is 43.1 Å². The highest BCUT2D eigenvalue weighted by atomic mass is 127. The predicted octanol–water partition coefficient (Wildman–Crippen LogP) is 3.28. The molecule has 1 aliphatic heterocycles. The fourth-order valence-corrected chi connectivity index (χ4v) is 4.27. The van der Waals surface area contributed by atoms with Crippen molar-refractivity contribution in [1.82, 2.24) is 14.7 Å². The molecular weight excluding hydrogens is 679 g/mol. The number of nitrogens with one attached hydrogen (secondary N) is 2. The van der Waals surface area contributed by atoms with E-state index in [1.54, 1.807) is 74.2 Å². The summed E-state index contributed by atoms with van der Waals surface area (Å²) in [6.45, 7) is 7.45. The van der Waals surface area contributed by atoms with Gasteiger partial charge in [0, 0.05) is 42.7 Å². The van der Waals surface area contributed by atoms with Gasteiger partial charge in [-0.2, -0.15) is 5.10 Å². The number of hydrogen-bond donors (Lipinski definition) is 4. The Hall–Kier alpha value is -4.28. The number of hydrazine groups is 1. The van der Waals surface area contributed by atoms with Crippen LogP contribution in [0.1, 0.15) is 42.3 Å². The average Bonchev–Trinajstić information content (AvgIpc) is 2.98. The topological polar surface area (TPSA) is 182 Å². The molecule has 0 unspecified atom stereocenters. The molecule has 2 heterocycles. The van der Waals surface area contributed by atoms with Crippen molar-refractivity contribution in [3.63, 3.8) is 0 Å². The summed E-state index contributed by atoms with van der Waals surface area (Å²) < 4.78 is 12.0. The number of rotatable bonds is 8. The third-order valence-corrected chi connectivity index (χ3v) is 6.38. The molecule has 0 atom stereocenters. The molecule has 1 aromatic heterocycles. The molecule has 0 aliphatic carbocycles. The van der Waals surface area contributed by atoms with E-state index >= 15 is 0 Å². The maximum Gasteiger partial charge on any atom is 0.412 e. The highest BCUT2D eigenvalue weighted by Gasteiger charge is 2.21. The molecule has 2 amide bonds. The molecule has 13 nitrogen and oxygen atoms in total. The Bertz CT molecular complexity index is 1580. The van der Waals surface area contributed by atoms with Gasteiger partial charge in [-0.25, -0.2) is 15.3 Å². The van der Waals surface area contributed by atoms with Gasteiger partial charge in [0.05, 0.1) is 42.5 Å². The second kappa shape index (κ2) is 14.9. The second-order valence-corrected chi connectivity index (χ2v) is 10.8. The minimum atomic E-state index is -0.737. The van der Waals surface area contributed by atoms with E-state index in [-0.39, 0.29) is 64.6 Å². The van der Waals surface area contributed by atoms with Gasteiger partial charge in [0.2, 0.25) is 0 Å². The number of allylic oxidation sites excluding steroid dienone is 1. The summed E-state index contributed by atoms with van der Waals surface area (Å²) >= 11 is 0. The van der Waals surface area contributed by atoms with Crippen molar-refractivity contribution in [1.29, 1.82) is 5.41 Å².